The number of hydrogen-bond donors (Lipinski definition) is 2. The molecule has 8 nitrogen and oxygen atoms in total. The Kier molecular flexibility index (Phi) is 6.79. The number of methoxy groups -OCH3 is 1. The first kappa shape index (κ1) is 23.3. The van der Waals surface area contributed by atoms with Gasteiger partial charge in [0.05, 0.1) is 24.7 Å². The molecule has 3 N–H and O–H groups in total. The van der Waals surface area contributed by atoms with Gasteiger partial charge in [0, 0.05) is 35.3 Å². The fourth-order valence-corrected chi connectivity index (χ4v) is 4.06. The van der Waals surface area contributed by atoms with Gasteiger partial charge in [-0.2, -0.15) is 5.10 Å². The van der Waals surface area contributed by atoms with Crippen molar-refractivity contribution in [2.24, 2.45) is 5.73 Å². The minimum atomic E-state index is -0.904. The quantitative estimate of drug-likeness (QED) is 0.382. The van der Waals surface area contributed by atoms with Gasteiger partial charge >= 0.3 is 5.97 Å². The first-order chi connectivity index (χ1) is 16.4. The van der Waals surface area contributed by atoms with Crippen molar-refractivity contribution in [1.29, 1.82) is 0 Å². The number of nitrogens with two attached hydrogens (primary N) is 1. The lowest BCUT2D eigenvalue weighted by Crippen LogP contribution is -2.06. The Bertz CT molecular complexity index is 1330. The van der Waals surface area contributed by atoms with Crippen LogP contribution in [0.1, 0.15) is 36.8 Å². The molecule has 4 aromatic rings. The van der Waals surface area contributed by atoms with E-state index in [9.17, 15) is 9.90 Å². The molecule has 0 aliphatic carbocycles. The molecular formula is C26H28N4O4. The van der Waals surface area contributed by atoms with Gasteiger partial charge in [0.25, 0.3) is 0 Å². The first-order valence-electron chi connectivity index (χ1n) is 11.1. The number of aliphatic carboxylic acids is 1. The van der Waals surface area contributed by atoms with Crippen LogP contribution >= 0.6 is 0 Å². The third-order valence-electron chi connectivity index (χ3n) is 5.64. The number of aromatic nitrogens is 3. The van der Waals surface area contributed by atoms with E-state index in [1.54, 1.807) is 31.5 Å². The number of ether oxygens (including phenoxy) is 2. The number of nitrogens with zero attached hydrogens (tertiary/aromatic N) is 3. The Morgan fingerprint density at radius 1 is 1.15 bits per heavy atom. The highest BCUT2D eigenvalue weighted by atomic mass is 16.5. The second-order valence-corrected chi connectivity index (χ2v) is 8.23. The molecule has 2 heterocycles. The van der Waals surface area contributed by atoms with Gasteiger partial charge in [0.15, 0.2) is 0 Å². The topological polar surface area (TPSA) is 112 Å². The predicted molar refractivity (Wildman–Crippen MR) is 130 cm³/mol. The van der Waals surface area contributed by atoms with Gasteiger partial charge in [-0.25, -0.2) is 0 Å². The molecule has 0 aliphatic rings. The zero-order valence-corrected chi connectivity index (χ0v) is 19.5. The van der Waals surface area contributed by atoms with E-state index in [-0.39, 0.29) is 25.6 Å². The van der Waals surface area contributed by atoms with E-state index in [4.69, 9.17) is 20.3 Å². The molecule has 0 saturated carbocycles. The number of benzene rings is 2. The Labute approximate surface area is 197 Å². The molecule has 34 heavy (non-hydrogen) atoms. The molecule has 4 rings (SSSR count). The summed E-state index contributed by atoms with van der Waals surface area (Å²) >= 11 is 0. The number of carboxylic acids is 1. The van der Waals surface area contributed by atoms with Crippen molar-refractivity contribution in [3.8, 4) is 22.6 Å². The van der Waals surface area contributed by atoms with Crippen molar-refractivity contribution in [3.05, 3.63) is 71.7 Å². The van der Waals surface area contributed by atoms with Crippen molar-refractivity contribution >= 4 is 16.9 Å². The van der Waals surface area contributed by atoms with Gasteiger partial charge in [-0.1, -0.05) is 24.3 Å². The van der Waals surface area contributed by atoms with E-state index in [2.05, 4.69) is 24.9 Å². The largest absolute Gasteiger partial charge is 0.494 e. The molecule has 8 heteroatoms. The molecule has 0 saturated heterocycles. The van der Waals surface area contributed by atoms with E-state index >= 15 is 0 Å². The summed E-state index contributed by atoms with van der Waals surface area (Å²) in [5.74, 6) is 0.288. The molecule has 0 fully saturated rings. The Morgan fingerprint density at radius 2 is 1.94 bits per heavy atom. The molecule has 176 valence electrons. The van der Waals surface area contributed by atoms with Crippen molar-refractivity contribution < 1.29 is 19.4 Å². The Hall–Kier alpha value is -3.91. The molecule has 2 aromatic carbocycles. The number of carbonyl (C=O) groups is 1. The number of rotatable bonds is 9. The minimum Gasteiger partial charge on any atom is -0.494 e. The van der Waals surface area contributed by atoms with Gasteiger partial charge in [-0.05, 0) is 43.7 Å². The monoisotopic (exact) mass is 460 g/mol. The van der Waals surface area contributed by atoms with Crippen LogP contribution in [0.2, 0.25) is 0 Å². The van der Waals surface area contributed by atoms with Crippen LogP contribution < -0.4 is 15.2 Å². The third kappa shape index (κ3) is 4.58. The van der Waals surface area contributed by atoms with Gasteiger partial charge in [0.1, 0.15) is 23.8 Å². The van der Waals surface area contributed by atoms with Gasteiger partial charge in [0.2, 0.25) is 0 Å². The molecule has 0 bridgehead atoms. The van der Waals surface area contributed by atoms with Crippen LogP contribution in [0.4, 0.5) is 0 Å². The van der Waals surface area contributed by atoms with Crippen LogP contribution in [0.25, 0.3) is 22.0 Å². The number of para-hydroxylation sites is 1. The molecular weight excluding hydrogens is 432 g/mol. The van der Waals surface area contributed by atoms with Crippen molar-refractivity contribution in [2.45, 2.75) is 39.5 Å². The van der Waals surface area contributed by atoms with Crippen molar-refractivity contribution in [1.82, 2.24) is 14.8 Å². The molecule has 0 aliphatic heterocycles. The predicted octanol–water partition coefficient (Wildman–Crippen LogP) is 4.35. The lowest BCUT2D eigenvalue weighted by Gasteiger charge is -2.12. The second kappa shape index (κ2) is 9.93. The summed E-state index contributed by atoms with van der Waals surface area (Å²) in [5, 5.41) is 15.0. The van der Waals surface area contributed by atoms with Gasteiger partial charge in [-0.3, -0.25) is 14.5 Å². The highest BCUT2D eigenvalue weighted by Crippen LogP contribution is 2.35. The highest BCUT2D eigenvalue weighted by molar-refractivity contribution is 5.88. The minimum absolute atomic E-state index is 0.104. The number of fused-ring (bicyclic) bond motifs is 1. The summed E-state index contributed by atoms with van der Waals surface area (Å²) in [6.45, 7) is 4.64. The first-order valence-corrected chi connectivity index (χ1v) is 11.1. The summed E-state index contributed by atoms with van der Waals surface area (Å²) in [6.07, 6.45) is 1.62. The molecule has 0 radical (unpaired) electrons. The number of pyridine rings is 1. The van der Waals surface area contributed by atoms with E-state index in [0.29, 0.717) is 22.8 Å². The van der Waals surface area contributed by atoms with Crippen molar-refractivity contribution in [2.75, 3.05) is 7.11 Å². The van der Waals surface area contributed by atoms with E-state index in [0.717, 1.165) is 27.7 Å². The molecule has 0 spiro atoms. The maximum Gasteiger partial charge on any atom is 0.307 e. The number of carboxylic acid groups (broad SMARTS) is 1. The summed E-state index contributed by atoms with van der Waals surface area (Å²) in [5.41, 5.74) is 10.8. The summed E-state index contributed by atoms with van der Waals surface area (Å²) in [4.78, 5) is 15.5. The lowest BCUT2D eigenvalue weighted by atomic mass is 10.0. The fraction of sp³-hybridized carbons (Fsp3) is 0.269. The molecule has 2 aromatic heterocycles. The SMILES string of the molecule is COc1c(-c2ccc3c(c2)c(COc2ccccc2CC(=O)O)nn3C(C)C)ccnc1CN. The van der Waals surface area contributed by atoms with Crippen LogP contribution in [0.5, 0.6) is 11.5 Å². The standard InChI is InChI=1S/C26H28N4O4/c1-16(2)30-23-9-8-17(19-10-11-28-21(14-27)26(19)33-3)12-20(23)22(29-30)15-34-24-7-5-4-6-18(24)13-25(31)32/h4-12,16H,13-15,27H2,1-3H3,(H,31,32). The van der Waals surface area contributed by atoms with Gasteiger partial charge < -0.3 is 20.3 Å². The Morgan fingerprint density at radius 3 is 2.65 bits per heavy atom. The average molecular weight is 461 g/mol. The van der Waals surface area contributed by atoms with E-state index < -0.39 is 5.97 Å². The maximum atomic E-state index is 11.2. The smallest absolute Gasteiger partial charge is 0.307 e. The Balaban J connectivity index is 1.76. The zero-order chi connectivity index (χ0) is 24.2. The fourth-order valence-electron chi connectivity index (χ4n) is 4.06. The molecule has 0 atom stereocenters. The van der Waals surface area contributed by atoms with Crippen LogP contribution in [-0.2, 0) is 24.4 Å². The van der Waals surface area contributed by atoms with E-state index in [1.807, 2.05) is 28.9 Å². The maximum absolute atomic E-state index is 11.2. The lowest BCUT2D eigenvalue weighted by molar-refractivity contribution is -0.136. The van der Waals surface area contributed by atoms with Crippen molar-refractivity contribution in [3.63, 3.8) is 0 Å². The zero-order valence-electron chi connectivity index (χ0n) is 19.5. The average Bonchev–Trinajstić information content (AvgIpc) is 3.20. The summed E-state index contributed by atoms with van der Waals surface area (Å²) in [6, 6.07) is 15.4. The summed E-state index contributed by atoms with van der Waals surface area (Å²) in [7, 11) is 1.61. The highest BCUT2D eigenvalue weighted by Gasteiger charge is 2.17. The van der Waals surface area contributed by atoms with Crippen LogP contribution in [0, 0.1) is 0 Å². The molecule has 0 unspecified atom stereocenters. The number of hydrogen-bond acceptors (Lipinski definition) is 6. The van der Waals surface area contributed by atoms with Crippen LogP contribution in [0.15, 0.2) is 54.7 Å². The van der Waals surface area contributed by atoms with E-state index in [1.165, 1.54) is 0 Å². The van der Waals surface area contributed by atoms with Crippen LogP contribution in [0.3, 0.4) is 0 Å². The molecule has 0 amide bonds. The van der Waals surface area contributed by atoms with Crippen LogP contribution in [-0.4, -0.2) is 33.0 Å². The second-order valence-electron chi connectivity index (χ2n) is 8.23. The normalized spacial score (nSPS) is 11.2. The third-order valence-corrected chi connectivity index (χ3v) is 5.64. The van der Waals surface area contributed by atoms with Gasteiger partial charge in [-0.15, -0.1) is 0 Å². The summed E-state index contributed by atoms with van der Waals surface area (Å²) < 4.78 is 13.7.